The van der Waals surface area contributed by atoms with E-state index >= 15 is 0 Å². The summed E-state index contributed by atoms with van der Waals surface area (Å²) in [6, 6.07) is 0. The second-order valence-corrected chi connectivity index (χ2v) is 3.52. The average Bonchev–Trinajstić information content (AvgIpc) is 1.80. The summed E-state index contributed by atoms with van der Waals surface area (Å²) in [6.45, 7) is -1.38. The van der Waals surface area contributed by atoms with Crippen LogP contribution in [0.5, 0.6) is 0 Å². The number of phosphoric ester groups is 1. The Balaban J connectivity index is 4.08. The minimum absolute atomic E-state index is 1.38. The van der Waals surface area contributed by atoms with Crippen LogP contribution in [0.15, 0.2) is 0 Å². The van der Waals surface area contributed by atoms with E-state index in [9.17, 15) is 26.5 Å². The average molecular weight is 244 g/mol. The van der Waals surface area contributed by atoms with Gasteiger partial charge in [0.05, 0.1) is 6.61 Å². The van der Waals surface area contributed by atoms with Crippen molar-refractivity contribution in [3.63, 3.8) is 0 Å². The van der Waals surface area contributed by atoms with Gasteiger partial charge >= 0.3 is 19.9 Å². The fourth-order valence-electron chi connectivity index (χ4n) is 0.434. The molecular weight excluding hydrogens is 238 g/mol. The van der Waals surface area contributed by atoms with Gasteiger partial charge in [0, 0.05) is 6.42 Å². The van der Waals surface area contributed by atoms with Gasteiger partial charge in [0.25, 0.3) is 0 Å². The lowest BCUT2D eigenvalue weighted by Crippen LogP contribution is -2.37. The van der Waals surface area contributed by atoms with Gasteiger partial charge in [-0.05, 0) is 0 Å². The van der Waals surface area contributed by atoms with E-state index in [1.54, 1.807) is 0 Å². The van der Waals surface area contributed by atoms with Crippen molar-refractivity contribution >= 4 is 7.82 Å². The maximum atomic E-state index is 12.0. The smallest absolute Gasteiger partial charge is 0.303 e. The number of halogens is 5. The van der Waals surface area contributed by atoms with E-state index in [0.29, 0.717) is 0 Å². The zero-order valence-corrected chi connectivity index (χ0v) is 7.36. The minimum atomic E-state index is -5.74. The molecule has 0 amide bonds. The SMILES string of the molecule is O=P(O)(O)OCCC(F)(F)C(F)(F)F. The van der Waals surface area contributed by atoms with Gasteiger partial charge in [0.1, 0.15) is 0 Å². The molecule has 0 radical (unpaired) electrons. The summed E-state index contributed by atoms with van der Waals surface area (Å²) in [4.78, 5) is 16.0. The predicted molar refractivity (Wildman–Crippen MR) is 33.6 cm³/mol. The third kappa shape index (κ3) is 4.85. The highest BCUT2D eigenvalue weighted by molar-refractivity contribution is 7.46. The van der Waals surface area contributed by atoms with Crippen molar-refractivity contribution in [2.24, 2.45) is 0 Å². The summed E-state index contributed by atoms with van der Waals surface area (Å²) in [5.41, 5.74) is 0. The molecule has 0 aromatic rings. The van der Waals surface area contributed by atoms with Gasteiger partial charge in [-0.25, -0.2) is 4.57 Å². The van der Waals surface area contributed by atoms with Crippen LogP contribution in [0.1, 0.15) is 6.42 Å². The molecule has 4 nitrogen and oxygen atoms in total. The van der Waals surface area contributed by atoms with Crippen LogP contribution in [-0.4, -0.2) is 28.5 Å². The summed E-state index contributed by atoms with van der Waals surface area (Å²) < 4.78 is 71.8. The minimum Gasteiger partial charge on any atom is -0.303 e. The lowest BCUT2D eigenvalue weighted by atomic mass is 10.2. The molecule has 0 aliphatic carbocycles. The molecular formula is C4H6F5O4P. The second-order valence-electron chi connectivity index (χ2n) is 2.28. The maximum Gasteiger partial charge on any atom is 0.469 e. The summed E-state index contributed by atoms with van der Waals surface area (Å²) in [5.74, 6) is -5.01. The van der Waals surface area contributed by atoms with Crippen molar-refractivity contribution in [3.8, 4) is 0 Å². The number of alkyl halides is 5. The molecule has 0 bridgehead atoms. The van der Waals surface area contributed by atoms with Gasteiger partial charge in [-0.15, -0.1) is 0 Å². The Morgan fingerprint density at radius 3 is 1.86 bits per heavy atom. The van der Waals surface area contributed by atoms with E-state index in [4.69, 9.17) is 9.79 Å². The first kappa shape index (κ1) is 13.8. The van der Waals surface area contributed by atoms with E-state index in [1.165, 1.54) is 0 Å². The van der Waals surface area contributed by atoms with Gasteiger partial charge in [0.15, 0.2) is 0 Å². The predicted octanol–water partition coefficient (Wildman–Crippen LogP) is 1.68. The number of hydrogen-bond acceptors (Lipinski definition) is 2. The molecule has 0 saturated heterocycles. The summed E-state index contributed by atoms with van der Waals surface area (Å²) in [7, 11) is -5.00. The number of rotatable bonds is 4. The molecule has 0 saturated carbocycles. The summed E-state index contributed by atoms with van der Waals surface area (Å²) in [5, 5.41) is 0. The van der Waals surface area contributed by atoms with Gasteiger partial charge in [-0.1, -0.05) is 0 Å². The monoisotopic (exact) mass is 244 g/mol. The van der Waals surface area contributed by atoms with Crippen molar-refractivity contribution < 1.29 is 40.8 Å². The largest absolute Gasteiger partial charge is 0.469 e. The van der Waals surface area contributed by atoms with Crippen LogP contribution in [0.25, 0.3) is 0 Å². The first-order chi connectivity index (χ1) is 5.96. The van der Waals surface area contributed by atoms with Gasteiger partial charge in [-0.2, -0.15) is 22.0 Å². The zero-order valence-electron chi connectivity index (χ0n) is 6.46. The molecule has 0 rings (SSSR count). The maximum absolute atomic E-state index is 12.0. The lowest BCUT2D eigenvalue weighted by molar-refractivity contribution is -0.285. The topological polar surface area (TPSA) is 66.8 Å². The Bertz CT molecular complexity index is 232. The van der Waals surface area contributed by atoms with Crippen molar-refractivity contribution in [1.29, 1.82) is 0 Å². The third-order valence-electron chi connectivity index (χ3n) is 1.09. The van der Waals surface area contributed by atoms with Crippen molar-refractivity contribution in [1.82, 2.24) is 0 Å². The van der Waals surface area contributed by atoms with E-state index in [2.05, 4.69) is 4.52 Å². The fraction of sp³-hybridized carbons (Fsp3) is 1.00. The van der Waals surface area contributed by atoms with Crippen LogP contribution < -0.4 is 0 Å². The molecule has 10 heteroatoms. The molecule has 0 heterocycles. The van der Waals surface area contributed by atoms with Gasteiger partial charge in [0.2, 0.25) is 0 Å². The highest BCUT2D eigenvalue weighted by Gasteiger charge is 2.56. The molecule has 14 heavy (non-hydrogen) atoms. The molecule has 0 aliphatic heterocycles. The molecule has 0 aliphatic rings. The standard InChI is InChI=1S/C4H6F5O4P/c5-3(6,4(7,8)9)1-2-13-14(10,11)12/h1-2H2,(H2,10,11,12). The molecule has 0 aromatic heterocycles. The normalized spacial score (nSPS) is 14.5. The molecule has 0 aromatic carbocycles. The number of hydrogen-bond donors (Lipinski definition) is 2. The lowest BCUT2D eigenvalue weighted by Gasteiger charge is -2.19. The van der Waals surface area contributed by atoms with Gasteiger partial charge < -0.3 is 9.79 Å². The molecule has 0 unspecified atom stereocenters. The highest BCUT2D eigenvalue weighted by atomic mass is 31.2. The van der Waals surface area contributed by atoms with Crippen LogP contribution in [-0.2, 0) is 9.09 Å². The third-order valence-corrected chi connectivity index (χ3v) is 1.61. The van der Waals surface area contributed by atoms with Crippen LogP contribution >= 0.6 is 7.82 Å². The van der Waals surface area contributed by atoms with E-state index in [-0.39, 0.29) is 0 Å². The Hall–Kier alpha value is -0.240. The molecule has 0 fully saturated rings. The Morgan fingerprint density at radius 2 is 1.57 bits per heavy atom. The molecule has 0 spiro atoms. The van der Waals surface area contributed by atoms with Crippen LogP contribution in [0.4, 0.5) is 22.0 Å². The first-order valence-corrected chi connectivity index (χ1v) is 4.63. The number of phosphoric acid groups is 1. The van der Waals surface area contributed by atoms with E-state index < -0.39 is 32.9 Å². The quantitative estimate of drug-likeness (QED) is 0.583. The van der Waals surface area contributed by atoms with E-state index in [0.717, 1.165) is 0 Å². The molecule has 86 valence electrons. The van der Waals surface area contributed by atoms with Crippen LogP contribution in [0, 0.1) is 0 Å². The summed E-state index contributed by atoms with van der Waals surface area (Å²) >= 11 is 0. The first-order valence-electron chi connectivity index (χ1n) is 3.10. The molecule has 2 N–H and O–H groups in total. The zero-order chi connectivity index (χ0) is 11.6. The van der Waals surface area contributed by atoms with Crippen molar-refractivity contribution in [2.75, 3.05) is 6.61 Å². The fourth-order valence-corrected chi connectivity index (χ4v) is 0.764. The van der Waals surface area contributed by atoms with E-state index in [1.807, 2.05) is 0 Å². The van der Waals surface area contributed by atoms with Crippen LogP contribution in [0.2, 0.25) is 0 Å². The van der Waals surface area contributed by atoms with Crippen LogP contribution in [0.3, 0.4) is 0 Å². The van der Waals surface area contributed by atoms with Crippen molar-refractivity contribution in [2.45, 2.75) is 18.5 Å². The highest BCUT2D eigenvalue weighted by Crippen LogP contribution is 2.41. The Morgan fingerprint density at radius 1 is 1.14 bits per heavy atom. The van der Waals surface area contributed by atoms with Gasteiger partial charge in [-0.3, -0.25) is 4.52 Å². The molecule has 0 atom stereocenters. The van der Waals surface area contributed by atoms with Crippen molar-refractivity contribution in [3.05, 3.63) is 0 Å². The Kier molecular flexibility index (Phi) is 4.02. The summed E-state index contributed by atoms with van der Waals surface area (Å²) in [6.07, 6.45) is -7.58. The Labute approximate surface area is 74.9 Å². The second kappa shape index (κ2) is 4.09.